The average Bonchev–Trinajstić information content (AvgIpc) is 3.66. The lowest BCUT2D eigenvalue weighted by Gasteiger charge is -2.09. The van der Waals surface area contributed by atoms with Crippen molar-refractivity contribution in [2.75, 3.05) is 0 Å². The summed E-state index contributed by atoms with van der Waals surface area (Å²) < 4.78 is 6.82. The quantitative estimate of drug-likeness (QED) is 0.137. The molecule has 56 heavy (non-hydrogen) atoms. The van der Waals surface area contributed by atoms with Gasteiger partial charge in [-0.2, -0.15) is 0 Å². The van der Waals surface area contributed by atoms with Crippen LogP contribution < -0.4 is 0 Å². The summed E-state index contributed by atoms with van der Waals surface area (Å²) in [5, 5.41) is 1.98. The normalized spacial score (nSPS) is 11.6. The Bertz CT molecular complexity index is 2860. The SMILES string of the molecule is C=C(/C=C\C=C/C)c1nc(-c2ccccc2)nc(-c2ccc(-c3cccc4c3oc3c(-c5nc(-c6ccccc6)nc(-c6ccccc6)n5)cccc34)cc2)n1. The third-order valence-electron chi connectivity index (χ3n) is 9.47. The molecule has 0 saturated carbocycles. The van der Waals surface area contributed by atoms with Crippen LogP contribution in [0.3, 0.4) is 0 Å². The second-order valence-electron chi connectivity index (χ2n) is 13.2. The van der Waals surface area contributed by atoms with Crippen LogP contribution in [0.4, 0.5) is 0 Å². The zero-order chi connectivity index (χ0) is 37.8. The Morgan fingerprint density at radius 1 is 0.429 bits per heavy atom. The lowest BCUT2D eigenvalue weighted by molar-refractivity contribution is 0.670. The Morgan fingerprint density at radius 3 is 1.38 bits per heavy atom. The molecule has 6 aromatic carbocycles. The van der Waals surface area contributed by atoms with E-state index in [-0.39, 0.29) is 0 Å². The smallest absolute Gasteiger partial charge is 0.167 e. The molecule has 0 aliphatic rings. The Balaban J connectivity index is 1.13. The van der Waals surface area contributed by atoms with Crippen LogP contribution in [0.5, 0.6) is 0 Å². The van der Waals surface area contributed by atoms with Crippen molar-refractivity contribution in [3.05, 3.63) is 188 Å². The molecule has 0 N–H and O–H groups in total. The fraction of sp³-hybridized carbons (Fsp3) is 0.0204. The van der Waals surface area contributed by atoms with E-state index in [1.54, 1.807) is 0 Å². The van der Waals surface area contributed by atoms with Gasteiger partial charge >= 0.3 is 0 Å². The van der Waals surface area contributed by atoms with Gasteiger partial charge in [0.1, 0.15) is 11.2 Å². The van der Waals surface area contributed by atoms with Gasteiger partial charge in [-0.3, -0.25) is 0 Å². The third kappa shape index (κ3) is 6.70. The summed E-state index contributed by atoms with van der Waals surface area (Å²) in [4.78, 5) is 29.4. The van der Waals surface area contributed by atoms with E-state index in [0.29, 0.717) is 46.1 Å². The predicted molar refractivity (Wildman–Crippen MR) is 226 cm³/mol. The highest BCUT2D eigenvalue weighted by atomic mass is 16.3. The first-order chi connectivity index (χ1) is 27.6. The zero-order valence-electron chi connectivity index (χ0n) is 30.5. The average molecular weight is 723 g/mol. The molecule has 266 valence electrons. The van der Waals surface area contributed by atoms with Gasteiger partial charge in [-0.1, -0.05) is 176 Å². The number of hydrogen-bond acceptors (Lipinski definition) is 7. The van der Waals surface area contributed by atoms with Gasteiger partial charge in [-0.15, -0.1) is 0 Å². The van der Waals surface area contributed by atoms with E-state index in [9.17, 15) is 0 Å². The number of furan rings is 1. The van der Waals surface area contributed by atoms with Crippen LogP contribution >= 0.6 is 0 Å². The molecule has 0 radical (unpaired) electrons. The van der Waals surface area contributed by atoms with Crippen molar-refractivity contribution in [2.24, 2.45) is 0 Å². The summed E-state index contributed by atoms with van der Waals surface area (Å²) >= 11 is 0. The number of nitrogens with zero attached hydrogens (tertiary/aromatic N) is 6. The maximum atomic E-state index is 6.82. The number of aromatic nitrogens is 6. The van der Waals surface area contributed by atoms with E-state index in [1.165, 1.54) is 0 Å². The molecule has 0 fully saturated rings. The second kappa shape index (κ2) is 15.0. The molecule has 7 heteroatoms. The first kappa shape index (κ1) is 34.1. The number of allylic oxidation sites excluding steroid dienone is 5. The molecule has 0 aliphatic heterocycles. The molecule has 0 spiro atoms. The molecule has 3 aromatic heterocycles. The maximum Gasteiger partial charge on any atom is 0.167 e. The van der Waals surface area contributed by atoms with Crippen molar-refractivity contribution in [1.82, 2.24) is 29.9 Å². The topological polar surface area (TPSA) is 90.5 Å². The van der Waals surface area contributed by atoms with Gasteiger partial charge in [0.15, 0.2) is 34.9 Å². The molecule has 0 amide bonds. The number of hydrogen-bond donors (Lipinski definition) is 0. The molecule has 0 unspecified atom stereocenters. The van der Waals surface area contributed by atoms with Gasteiger partial charge in [0.05, 0.1) is 5.56 Å². The van der Waals surface area contributed by atoms with E-state index in [0.717, 1.165) is 55.3 Å². The lowest BCUT2D eigenvalue weighted by Crippen LogP contribution is -2.01. The summed E-state index contributed by atoms with van der Waals surface area (Å²) in [5.74, 6) is 3.40. The fourth-order valence-electron chi connectivity index (χ4n) is 6.67. The zero-order valence-corrected chi connectivity index (χ0v) is 30.5. The minimum absolute atomic E-state index is 0.520. The monoisotopic (exact) mass is 722 g/mol. The molecular weight excluding hydrogens is 689 g/mol. The summed E-state index contributed by atoms with van der Waals surface area (Å²) in [7, 11) is 0. The first-order valence-electron chi connectivity index (χ1n) is 18.4. The van der Waals surface area contributed by atoms with E-state index in [2.05, 4.69) is 43.0 Å². The molecule has 0 saturated heterocycles. The summed E-state index contributed by atoms with van der Waals surface area (Å²) in [5.41, 5.74) is 8.52. The Hall–Kier alpha value is -7.64. The van der Waals surface area contributed by atoms with E-state index >= 15 is 0 Å². The van der Waals surface area contributed by atoms with E-state index in [1.807, 2.05) is 146 Å². The second-order valence-corrected chi connectivity index (χ2v) is 13.2. The van der Waals surface area contributed by atoms with Crippen LogP contribution in [0.1, 0.15) is 12.7 Å². The molecular formula is C49H34N6O. The number of fused-ring (bicyclic) bond motifs is 3. The highest BCUT2D eigenvalue weighted by Gasteiger charge is 2.20. The Morgan fingerprint density at radius 2 is 0.857 bits per heavy atom. The van der Waals surface area contributed by atoms with Gasteiger partial charge in [-0.05, 0) is 18.6 Å². The standard InChI is InChI=1S/C49H34N6O/c1-3-4-8-17-32(2)44-50-45(34-18-9-5-10-19-34)52-48(51-44)37-30-28-33(29-31-37)38-24-15-25-39-40-26-16-27-41(43(40)56-42(38)39)49-54-46(35-20-11-6-12-21-35)53-47(55-49)36-22-13-7-14-23-36/h3-31H,2H2,1H3/b4-3-,17-8-. The van der Waals surface area contributed by atoms with Gasteiger partial charge in [0.2, 0.25) is 0 Å². The summed E-state index contributed by atoms with van der Waals surface area (Å²) in [6.45, 7) is 6.20. The van der Waals surface area contributed by atoms with Crippen LogP contribution in [-0.4, -0.2) is 29.9 Å². The number of rotatable bonds is 9. The molecule has 9 rings (SSSR count). The van der Waals surface area contributed by atoms with Gasteiger partial charge in [0.25, 0.3) is 0 Å². The molecule has 0 bridgehead atoms. The van der Waals surface area contributed by atoms with Crippen molar-refractivity contribution in [1.29, 1.82) is 0 Å². The first-order valence-corrected chi connectivity index (χ1v) is 18.4. The predicted octanol–water partition coefficient (Wildman–Crippen LogP) is 12.1. The largest absolute Gasteiger partial charge is 0.455 e. The highest BCUT2D eigenvalue weighted by molar-refractivity contribution is 6.12. The third-order valence-corrected chi connectivity index (χ3v) is 9.47. The minimum atomic E-state index is 0.520. The summed E-state index contributed by atoms with van der Waals surface area (Å²) in [6.07, 6.45) is 7.74. The van der Waals surface area contributed by atoms with Crippen LogP contribution in [0, 0.1) is 0 Å². The van der Waals surface area contributed by atoms with E-state index < -0.39 is 0 Å². The van der Waals surface area contributed by atoms with E-state index in [4.69, 9.17) is 34.3 Å². The van der Waals surface area contributed by atoms with Crippen molar-refractivity contribution < 1.29 is 4.42 Å². The van der Waals surface area contributed by atoms with Crippen molar-refractivity contribution in [3.63, 3.8) is 0 Å². The minimum Gasteiger partial charge on any atom is -0.455 e. The Labute approximate surface area is 324 Å². The van der Waals surface area contributed by atoms with Crippen molar-refractivity contribution >= 4 is 27.5 Å². The molecule has 7 nitrogen and oxygen atoms in total. The molecule has 0 atom stereocenters. The number of para-hydroxylation sites is 2. The number of benzene rings is 6. The molecule has 0 aliphatic carbocycles. The van der Waals surface area contributed by atoms with Crippen LogP contribution in [0.15, 0.2) is 187 Å². The van der Waals surface area contributed by atoms with Gasteiger partial charge < -0.3 is 4.42 Å². The van der Waals surface area contributed by atoms with Crippen molar-refractivity contribution in [3.8, 4) is 68.1 Å². The highest BCUT2D eigenvalue weighted by Crippen LogP contribution is 2.40. The molecule has 3 heterocycles. The molecule has 9 aromatic rings. The van der Waals surface area contributed by atoms with Crippen LogP contribution in [0.25, 0.3) is 95.6 Å². The Kier molecular flexibility index (Phi) is 9.15. The maximum absolute atomic E-state index is 6.82. The van der Waals surface area contributed by atoms with Crippen molar-refractivity contribution in [2.45, 2.75) is 6.92 Å². The van der Waals surface area contributed by atoms with Gasteiger partial charge in [-0.25, -0.2) is 29.9 Å². The van der Waals surface area contributed by atoms with Crippen LogP contribution in [0.2, 0.25) is 0 Å². The lowest BCUT2D eigenvalue weighted by atomic mass is 10.0. The van der Waals surface area contributed by atoms with Gasteiger partial charge in [0, 0.05) is 44.2 Å². The summed E-state index contributed by atoms with van der Waals surface area (Å²) in [6, 6.07) is 50.5. The van der Waals surface area contributed by atoms with Crippen LogP contribution in [-0.2, 0) is 0 Å². The fourth-order valence-corrected chi connectivity index (χ4v) is 6.67.